The zero-order valence-electron chi connectivity index (χ0n) is 14.7. The number of hydrogen-bond acceptors (Lipinski definition) is 3. The number of nitrogens with two attached hydrogens (primary N) is 1. The molecule has 2 aliphatic heterocycles. The lowest BCUT2D eigenvalue weighted by Gasteiger charge is -2.44. The Morgan fingerprint density at radius 1 is 1.29 bits per heavy atom. The van der Waals surface area contributed by atoms with Gasteiger partial charge in [0.1, 0.15) is 0 Å². The minimum atomic E-state index is -0.393. The Bertz CT molecular complexity index is 540. The van der Waals surface area contributed by atoms with Crippen LogP contribution in [-0.2, 0) is 9.53 Å². The molecule has 0 saturated carbocycles. The summed E-state index contributed by atoms with van der Waals surface area (Å²) in [5.41, 5.74) is 7.05. The molecule has 0 aromatic heterocycles. The van der Waals surface area contributed by atoms with E-state index in [0.29, 0.717) is 31.6 Å². The van der Waals surface area contributed by atoms with Gasteiger partial charge in [-0.25, -0.2) is 0 Å². The summed E-state index contributed by atoms with van der Waals surface area (Å²) in [5.74, 6) is 1.35. The highest BCUT2D eigenvalue weighted by Crippen LogP contribution is 2.38. The second-order valence-corrected chi connectivity index (χ2v) is 7.32. The standard InChI is InChI=1S/C20H30N2O2/c1-2-16-14-22(11-8-18(16)17-6-4-3-5-7-17)19(23)20(15-21)9-12-24-13-10-20/h3-7,16,18H,2,8-15,21H2,1H3. The quantitative estimate of drug-likeness (QED) is 0.923. The van der Waals surface area contributed by atoms with Gasteiger partial charge in [0, 0.05) is 32.8 Å². The van der Waals surface area contributed by atoms with Gasteiger partial charge in [-0.3, -0.25) is 4.79 Å². The van der Waals surface area contributed by atoms with Crippen LogP contribution in [0.4, 0.5) is 0 Å². The summed E-state index contributed by atoms with van der Waals surface area (Å²) in [5, 5.41) is 0. The summed E-state index contributed by atoms with van der Waals surface area (Å²) >= 11 is 0. The molecule has 0 bridgehead atoms. The molecule has 2 saturated heterocycles. The molecule has 132 valence electrons. The third-order valence-corrected chi connectivity index (χ3v) is 6.07. The number of rotatable bonds is 4. The fraction of sp³-hybridized carbons (Fsp3) is 0.650. The fourth-order valence-corrected chi connectivity index (χ4v) is 4.37. The number of hydrogen-bond donors (Lipinski definition) is 1. The van der Waals surface area contributed by atoms with Crippen LogP contribution in [0, 0.1) is 11.3 Å². The lowest BCUT2D eigenvalue weighted by Crippen LogP contribution is -2.54. The van der Waals surface area contributed by atoms with Gasteiger partial charge in [0.2, 0.25) is 5.91 Å². The van der Waals surface area contributed by atoms with E-state index in [1.807, 2.05) is 0 Å². The van der Waals surface area contributed by atoms with E-state index >= 15 is 0 Å². The first-order valence-electron chi connectivity index (χ1n) is 9.32. The summed E-state index contributed by atoms with van der Waals surface area (Å²) in [7, 11) is 0. The lowest BCUT2D eigenvalue weighted by molar-refractivity contribution is -0.149. The summed E-state index contributed by atoms with van der Waals surface area (Å²) in [4.78, 5) is 15.3. The number of piperidine rings is 1. The van der Waals surface area contributed by atoms with E-state index < -0.39 is 5.41 Å². The zero-order valence-corrected chi connectivity index (χ0v) is 14.7. The van der Waals surface area contributed by atoms with Crippen LogP contribution in [-0.4, -0.2) is 43.7 Å². The van der Waals surface area contributed by atoms with Crippen LogP contribution in [0.5, 0.6) is 0 Å². The summed E-state index contributed by atoms with van der Waals surface area (Å²) < 4.78 is 5.45. The molecule has 2 atom stereocenters. The van der Waals surface area contributed by atoms with Gasteiger partial charge in [-0.2, -0.15) is 0 Å². The summed E-state index contributed by atoms with van der Waals surface area (Å²) in [6, 6.07) is 10.8. The Kier molecular flexibility index (Phi) is 5.57. The van der Waals surface area contributed by atoms with Crippen molar-refractivity contribution in [2.24, 2.45) is 17.1 Å². The van der Waals surface area contributed by atoms with Gasteiger partial charge in [0.05, 0.1) is 5.41 Å². The predicted octanol–water partition coefficient (Wildman–Crippen LogP) is 2.78. The lowest BCUT2D eigenvalue weighted by atomic mass is 9.75. The van der Waals surface area contributed by atoms with Gasteiger partial charge in [-0.15, -0.1) is 0 Å². The highest BCUT2D eigenvalue weighted by atomic mass is 16.5. The topological polar surface area (TPSA) is 55.6 Å². The van der Waals surface area contributed by atoms with E-state index in [1.54, 1.807) is 0 Å². The molecule has 1 aromatic rings. The van der Waals surface area contributed by atoms with Crippen molar-refractivity contribution in [3.63, 3.8) is 0 Å². The first-order valence-corrected chi connectivity index (χ1v) is 9.32. The predicted molar refractivity (Wildman–Crippen MR) is 95.7 cm³/mol. The molecule has 0 radical (unpaired) electrons. The normalized spacial score (nSPS) is 27.0. The number of likely N-dealkylation sites (tertiary alicyclic amines) is 1. The molecule has 2 aliphatic rings. The Morgan fingerprint density at radius 3 is 2.62 bits per heavy atom. The number of carbonyl (C=O) groups is 1. The first-order chi connectivity index (χ1) is 11.7. The average molecular weight is 330 g/mol. The molecule has 0 aliphatic carbocycles. The fourth-order valence-electron chi connectivity index (χ4n) is 4.37. The Morgan fingerprint density at radius 2 is 2.00 bits per heavy atom. The van der Waals surface area contributed by atoms with Crippen LogP contribution in [0.1, 0.15) is 44.1 Å². The largest absolute Gasteiger partial charge is 0.381 e. The van der Waals surface area contributed by atoms with Crippen molar-refractivity contribution >= 4 is 5.91 Å². The number of nitrogens with zero attached hydrogens (tertiary/aromatic N) is 1. The first kappa shape index (κ1) is 17.4. The zero-order chi connectivity index (χ0) is 17.0. The molecule has 2 N–H and O–H groups in total. The van der Waals surface area contributed by atoms with Crippen molar-refractivity contribution in [3.05, 3.63) is 35.9 Å². The maximum Gasteiger partial charge on any atom is 0.230 e. The third kappa shape index (κ3) is 3.35. The average Bonchev–Trinajstić information content (AvgIpc) is 2.68. The highest BCUT2D eigenvalue weighted by molar-refractivity contribution is 5.83. The minimum Gasteiger partial charge on any atom is -0.381 e. The van der Waals surface area contributed by atoms with Crippen LogP contribution in [0.2, 0.25) is 0 Å². The molecular weight excluding hydrogens is 300 g/mol. The van der Waals surface area contributed by atoms with E-state index in [4.69, 9.17) is 10.5 Å². The van der Waals surface area contributed by atoms with Gasteiger partial charge in [0.15, 0.2) is 0 Å². The van der Waals surface area contributed by atoms with Crippen LogP contribution in [0.3, 0.4) is 0 Å². The SMILES string of the molecule is CCC1CN(C(=O)C2(CN)CCOCC2)CCC1c1ccccc1. The summed E-state index contributed by atoms with van der Waals surface area (Å²) in [6.45, 7) is 5.68. The Labute approximate surface area is 145 Å². The second-order valence-electron chi connectivity index (χ2n) is 7.32. The third-order valence-electron chi connectivity index (χ3n) is 6.07. The number of amides is 1. The highest BCUT2D eigenvalue weighted by Gasteiger charge is 2.43. The molecule has 1 aromatic carbocycles. The molecule has 2 unspecified atom stereocenters. The second kappa shape index (κ2) is 7.66. The van der Waals surface area contributed by atoms with E-state index in [2.05, 4.69) is 42.2 Å². The molecule has 1 amide bonds. The van der Waals surface area contributed by atoms with E-state index in [1.165, 1.54) is 5.56 Å². The van der Waals surface area contributed by atoms with Crippen molar-refractivity contribution in [1.29, 1.82) is 0 Å². The van der Waals surface area contributed by atoms with Gasteiger partial charge >= 0.3 is 0 Å². The minimum absolute atomic E-state index is 0.262. The van der Waals surface area contributed by atoms with Gasteiger partial charge < -0.3 is 15.4 Å². The van der Waals surface area contributed by atoms with Crippen LogP contribution >= 0.6 is 0 Å². The number of carbonyl (C=O) groups excluding carboxylic acids is 1. The molecule has 0 spiro atoms. The van der Waals surface area contributed by atoms with Crippen molar-refractivity contribution in [2.75, 3.05) is 32.8 Å². The smallest absolute Gasteiger partial charge is 0.230 e. The maximum atomic E-state index is 13.2. The number of ether oxygens (including phenoxy) is 1. The van der Waals surface area contributed by atoms with E-state index in [9.17, 15) is 4.79 Å². The van der Waals surface area contributed by atoms with E-state index in [0.717, 1.165) is 38.8 Å². The molecule has 3 rings (SSSR count). The molecular formula is C20H30N2O2. The number of benzene rings is 1. The Hall–Kier alpha value is -1.39. The molecule has 24 heavy (non-hydrogen) atoms. The van der Waals surface area contributed by atoms with Crippen LogP contribution < -0.4 is 5.73 Å². The van der Waals surface area contributed by atoms with Crippen molar-refractivity contribution < 1.29 is 9.53 Å². The molecule has 2 fully saturated rings. The Balaban J connectivity index is 1.72. The monoisotopic (exact) mass is 330 g/mol. The van der Waals surface area contributed by atoms with Crippen LogP contribution in [0.15, 0.2) is 30.3 Å². The summed E-state index contributed by atoms with van der Waals surface area (Å²) in [6.07, 6.45) is 3.67. The van der Waals surface area contributed by atoms with Crippen molar-refractivity contribution in [1.82, 2.24) is 4.90 Å². The van der Waals surface area contributed by atoms with E-state index in [-0.39, 0.29) is 5.91 Å². The molecule has 4 heteroatoms. The van der Waals surface area contributed by atoms with Crippen molar-refractivity contribution in [2.45, 2.75) is 38.5 Å². The van der Waals surface area contributed by atoms with Gasteiger partial charge in [-0.05, 0) is 36.7 Å². The maximum absolute atomic E-state index is 13.2. The van der Waals surface area contributed by atoms with Crippen molar-refractivity contribution in [3.8, 4) is 0 Å². The van der Waals surface area contributed by atoms with Gasteiger partial charge in [0.25, 0.3) is 0 Å². The molecule has 4 nitrogen and oxygen atoms in total. The van der Waals surface area contributed by atoms with Crippen LogP contribution in [0.25, 0.3) is 0 Å². The van der Waals surface area contributed by atoms with Gasteiger partial charge in [-0.1, -0.05) is 43.7 Å². The molecule has 2 heterocycles.